The minimum atomic E-state index is -0.995. The predicted octanol–water partition coefficient (Wildman–Crippen LogP) is 7.06. The van der Waals surface area contributed by atoms with Crippen LogP contribution in [-0.2, 0) is 37.0 Å². The van der Waals surface area contributed by atoms with E-state index in [1.165, 1.54) is 19.3 Å². The Hall–Kier alpha value is -4.09. The lowest BCUT2D eigenvalue weighted by Crippen LogP contribution is -2.61. The third-order valence-corrected chi connectivity index (χ3v) is 11.3. The molecule has 7 atom stereocenters. The smallest absolute Gasteiger partial charge is 0.303 e. The number of nitrogens with one attached hydrogen (secondary N) is 2. The fraction of sp³-hybridized carbons (Fsp3) is 0.523. The molecule has 2 aliphatic heterocycles. The van der Waals surface area contributed by atoms with Crippen molar-refractivity contribution in [2.75, 3.05) is 6.54 Å². The maximum absolute atomic E-state index is 13.9. The number of carboxylic acid groups (broad SMARTS) is 1. The lowest BCUT2D eigenvalue weighted by atomic mass is 9.75. The lowest BCUT2D eigenvalue weighted by Gasteiger charge is -2.51. The highest BCUT2D eigenvalue weighted by molar-refractivity contribution is 5.82. The molecule has 4 N–H and O–H groups in total. The second-order valence-corrected chi connectivity index (χ2v) is 16.5. The first-order chi connectivity index (χ1) is 25.9. The molecule has 0 spiro atoms. The summed E-state index contributed by atoms with van der Waals surface area (Å²) < 4.78 is 13.7. The maximum Gasteiger partial charge on any atom is 0.303 e. The third-order valence-electron chi connectivity index (χ3n) is 11.3. The van der Waals surface area contributed by atoms with Gasteiger partial charge in [0.1, 0.15) is 0 Å². The van der Waals surface area contributed by atoms with Crippen LogP contribution in [0, 0.1) is 11.8 Å². The molecule has 3 aromatic rings. The van der Waals surface area contributed by atoms with Crippen LogP contribution in [0.3, 0.4) is 0 Å². The normalized spacial score (nSPS) is 26.1. The van der Waals surface area contributed by atoms with E-state index in [2.05, 4.69) is 34.6 Å². The summed E-state index contributed by atoms with van der Waals surface area (Å²) in [6.45, 7) is 9.22. The summed E-state index contributed by atoms with van der Waals surface area (Å²) in [4.78, 5) is 39.3. The Morgan fingerprint density at radius 1 is 0.833 bits per heavy atom. The number of fused-ring (bicyclic) bond motifs is 1. The first kappa shape index (κ1) is 39.6. The maximum atomic E-state index is 13.9. The first-order valence-electron chi connectivity index (χ1n) is 19.6. The second kappa shape index (κ2) is 17.6. The van der Waals surface area contributed by atoms with E-state index < -0.39 is 12.3 Å². The first-order valence-corrected chi connectivity index (χ1v) is 19.6. The number of amides is 2. The van der Waals surface area contributed by atoms with Gasteiger partial charge in [0.25, 0.3) is 0 Å². The number of likely N-dealkylation sites (tertiary alicyclic amines) is 1. The number of piperidine rings is 1. The number of hydrogen-bond acceptors (Lipinski definition) is 7. The molecule has 0 unspecified atom stereocenters. The summed E-state index contributed by atoms with van der Waals surface area (Å²) in [6, 6.07) is 24.2. The highest BCUT2D eigenvalue weighted by atomic mass is 16.7. The molecule has 0 bridgehead atoms. The quantitative estimate of drug-likeness (QED) is 0.155. The summed E-state index contributed by atoms with van der Waals surface area (Å²) in [5.74, 6) is -0.616. The summed E-state index contributed by atoms with van der Waals surface area (Å²) in [6.07, 6.45) is 5.28. The predicted molar refractivity (Wildman–Crippen MR) is 207 cm³/mol. The van der Waals surface area contributed by atoms with Crippen molar-refractivity contribution in [2.24, 2.45) is 11.8 Å². The van der Waals surface area contributed by atoms with Gasteiger partial charge in [-0.1, -0.05) is 86.5 Å². The van der Waals surface area contributed by atoms with Gasteiger partial charge in [-0.05, 0) is 86.3 Å². The Morgan fingerprint density at radius 3 is 2.26 bits per heavy atom. The van der Waals surface area contributed by atoms with Crippen LogP contribution in [0.4, 0.5) is 0 Å². The number of carbonyl (C=O) groups is 3. The molecule has 2 saturated heterocycles. The largest absolute Gasteiger partial charge is 0.481 e. The van der Waals surface area contributed by atoms with Crippen molar-refractivity contribution in [1.29, 1.82) is 0 Å². The van der Waals surface area contributed by atoms with E-state index in [4.69, 9.17) is 14.6 Å². The van der Waals surface area contributed by atoms with E-state index in [-0.39, 0.29) is 61.0 Å². The van der Waals surface area contributed by atoms with E-state index >= 15 is 0 Å². The zero-order valence-corrected chi connectivity index (χ0v) is 32.1. The van der Waals surface area contributed by atoms with Gasteiger partial charge in [-0.2, -0.15) is 0 Å². The van der Waals surface area contributed by atoms with Crippen LogP contribution < -0.4 is 10.6 Å². The van der Waals surface area contributed by atoms with E-state index in [1.807, 2.05) is 81.4 Å². The lowest BCUT2D eigenvalue weighted by molar-refractivity contribution is -0.278. The fourth-order valence-corrected chi connectivity index (χ4v) is 8.47. The standard InChI is InChI=1S/C44H57N3O7/c1-28-38(26-47-36-11-6-5-9-32(36)20-21-37(47)42(52)46-44(2,3)4)53-43(54-41(28)33-14-12-29(27-48)13-15-33)34-18-16-31(17-19-34)35-10-7-8-30(24-35)25-45-39(49)22-23-40(50)51/h7-8,10,12-19,24,28,32,36-38,41,43,48H,5-6,9,11,20-23,25-27H2,1-4H3,(H,45,49)(H,46,52)(H,50,51)/t28-,32+,36+,37+,38+,41+,43+/m0/s1. The van der Waals surface area contributed by atoms with Gasteiger partial charge in [-0.15, -0.1) is 0 Å². The van der Waals surface area contributed by atoms with E-state index in [1.54, 1.807) is 0 Å². The van der Waals surface area contributed by atoms with Crippen molar-refractivity contribution in [3.8, 4) is 11.1 Å². The van der Waals surface area contributed by atoms with Crippen molar-refractivity contribution >= 4 is 17.8 Å². The molecule has 1 aliphatic carbocycles. The number of aliphatic hydroxyl groups excluding tert-OH is 1. The van der Waals surface area contributed by atoms with Gasteiger partial charge >= 0.3 is 5.97 Å². The molecule has 0 radical (unpaired) electrons. The number of carboxylic acids is 1. The highest BCUT2D eigenvalue weighted by Crippen LogP contribution is 2.44. The fourth-order valence-electron chi connectivity index (χ4n) is 8.47. The number of aliphatic carboxylic acids is 1. The molecule has 2 amide bonds. The topological polar surface area (TPSA) is 137 Å². The van der Waals surface area contributed by atoms with Gasteiger partial charge in [0.2, 0.25) is 11.8 Å². The SMILES string of the molecule is C[C@H]1[C@@H](CN2[C@@H](C(=O)NC(C)(C)C)CC[C@H]3CCCC[C@H]32)O[C@@H](c2ccc(-c3cccc(CNC(=O)CCC(=O)O)c3)cc2)O[C@H]1c1ccc(CO)cc1. The molecule has 10 nitrogen and oxygen atoms in total. The zero-order chi connectivity index (χ0) is 38.4. The molecule has 3 aromatic carbocycles. The van der Waals surface area contributed by atoms with Crippen molar-refractivity contribution in [3.63, 3.8) is 0 Å². The molecular weight excluding hydrogens is 682 g/mol. The number of rotatable bonds is 12. The summed E-state index contributed by atoms with van der Waals surface area (Å²) >= 11 is 0. The van der Waals surface area contributed by atoms with E-state index in [0.717, 1.165) is 52.6 Å². The van der Waals surface area contributed by atoms with Crippen molar-refractivity contribution in [1.82, 2.24) is 15.5 Å². The average Bonchev–Trinajstić information content (AvgIpc) is 3.16. The number of ether oxygens (including phenoxy) is 2. The van der Waals surface area contributed by atoms with E-state index in [0.29, 0.717) is 25.0 Å². The van der Waals surface area contributed by atoms with Gasteiger partial charge < -0.3 is 30.3 Å². The Bertz CT molecular complexity index is 1740. The minimum Gasteiger partial charge on any atom is -0.481 e. The van der Waals surface area contributed by atoms with Gasteiger partial charge in [0, 0.05) is 42.6 Å². The third kappa shape index (κ3) is 9.96. The van der Waals surface area contributed by atoms with Crippen LogP contribution in [0.25, 0.3) is 11.1 Å². The Morgan fingerprint density at radius 2 is 1.56 bits per heavy atom. The molecule has 3 fully saturated rings. The number of nitrogens with zero attached hydrogens (tertiary/aromatic N) is 1. The average molecular weight is 740 g/mol. The molecule has 3 aliphatic rings. The van der Waals surface area contributed by atoms with Crippen LogP contribution in [0.5, 0.6) is 0 Å². The number of hydrogen-bond donors (Lipinski definition) is 4. The molecule has 6 rings (SSSR count). The molecule has 290 valence electrons. The summed E-state index contributed by atoms with van der Waals surface area (Å²) in [7, 11) is 0. The zero-order valence-electron chi connectivity index (χ0n) is 32.1. The molecular formula is C44H57N3O7. The van der Waals surface area contributed by atoms with Crippen LogP contribution in [0.1, 0.15) is 114 Å². The van der Waals surface area contributed by atoms with Crippen molar-refractivity contribution < 1.29 is 34.1 Å². The molecule has 54 heavy (non-hydrogen) atoms. The number of aliphatic hydroxyl groups is 1. The number of carbonyl (C=O) groups excluding carboxylic acids is 2. The highest BCUT2D eigenvalue weighted by Gasteiger charge is 2.46. The van der Waals surface area contributed by atoms with Gasteiger partial charge in [-0.25, -0.2) is 0 Å². The van der Waals surface area contributed by atoms with Gasteiger partial charge in [0.05, 0.1) is 31.3 Å². The van der Waals surface area contributed by atoms with E-state index in [9.17, 15) is 19.5 Å². The summed E-state index contributed by atoms with van der Waals surface area (Å²) in [5, 5.41) is 24.7. The van der Waals surface area contributed by atoms with Crippen molar-refractivity contribution in [2.45, 2.75) is 128 Å². The molecule has 0 aromatic heterocycles. The van der Waals surface area contributed by atoms with Crippen LogP contribution in [0.2, 0.25) is 0 Å². The summed E-state index contributed by atoms with van der Waals surface area (Å²) in [5.41, 5.74) is 5.35. The number of benzene rings is 3. The minimum absolute atomic E-state index is 0.0110. The molecule has 2 heterocycles. The molecule has 10 heteroatoms. The van der Waals surface area contributed by atoms with Crippen LogP contribution >= 0.6 is 0 Å². The van der Waals surface area contributed by atoms with Crippen LogP contribution in [0.15, 0.2) is 72.8 Å². The van der Waals surface area contributed by atoms with Gasteiger partial charge in [0.15, 0.2) is 6.29 Å². The Kier molecular flexibility index (Phi) is 12.9. The van der Waals surface area contributed by atoms with Crippen LogP contribution in [-0.4, -0.2) is 63.2 Å². The van der Waals surface area contributed by atoms with Gasteiger partial charge in [-0.3, -0.25) is 19.3 Å². The second-order valence-electron chi connectivity index (χ2n) is 16.5. The Labute approximate surface area is 319 Å². The molecule has 1 saturated carbocycles. The Balaban J connectivity index is 1.24. The monoisotopic (exact) mass is 739 g/mol. The van der Waals surface area contributed by atoms with Crippen molar-refractivity contribution in [3.05, 3.63) is 95.1 Å².